The second kappa shape index (κ2) is 25.0. The predicted molar refractivity (Wildman–Crippen MR) is 275 cm³/mol. The molecular formula is C62H72O8. The highest BCUT2D eigenvalue weighted by Crippen LogP contribution is 2.55. The zero-order valence-electron chi connectivity index (χ0n) is 41.4. The van der Waals surface area contributed by atoms with E-state index in [1.54, 1.807) is 0 Å². The van der Waals surface area contributed by atoms with E-state index in [0.29, 0.717) is 49.1 Å². The maximum Gasteiger partial charge on any atom is 0.337 e. The highest BCUT2D eigenvalue weighted by molar-refractivity contribution is 5.91. The van der Waals surface area contributed by atoms with Gasteiger partial charge in [0.2, 0.25) is 0 Å². The lowest BCUT2D eigenvalue weighted by Crippen LogP contribution is -2.37. The van der Waals surface area contributed by atoms with Crippen molar-refractivity contribution in [3.05, 3.63) is 191 Å². The molecule has 0 aliphatic carbocycles. The van der Waals surface area contributed by atoms with Crippen molar-refractivity contribution in [2.75, 3.05) is 26.4 Å². The number of esters is 2. The van der Waals surface area contributed by atoms with Crippen LogP contribution in [-0.4, -0.2) is 38.4 Å². The number of rotatable bonds is 4. The van der Waals surface area contributed by atoms with E-state index < -0.39 is 11.2 Å². The molecule has 368 valence electrons. The van der Waals surface area contributed by atoms with Crippen molar-refractivity contribution in [3.63, 3.8) is 0 Å². The van der Waals surface area contributed by atoms with Gasteiger partial charge < -0.3 is 28.4 Å². The number of allylic oxidation sites excluding steroid dienone is 2. The van der Waals surface area contributed by atoms with E-state index in [2.05, 4.69) is 48.5 Å². The van der Waals surface area contributed by atoms with Gasteiger partial charge >= 0.3 is 11.9 Å². The topological polar surface area (TPSA) is 89.5 Å². The van der Waals surface area contributed by atoms with Crippen molar-refractivity contribution in [1.29, 1.82) is 0 Å². The number of carbonyl (C=O) groups is 2. The Balaban J connectivity index is 0.994. The molecule has 2 atom stereocenters. The highest BCUT2D eigenvalue weighted by Gasteiger charge is 2.54. The minimum Gasteiger partial charge on any atom is -0.494 e. The number of fused-ring (bicyclic) bond motifs is 25. The molecular weight excluding hydrogens is 873 g/mol. The fourth-order valence-electron chi connectivity index (χ4n) is 11.0. The lowest BCUT2D eigenvalue weighted by Gasteiger charge is -2.37. The summed E-state index contributed by atoms with van der Waals surface area (Å²) in [4.78, 5) is 28.5. The Morgan fingerprint density at radius 1 is 0.343 bits per heavy atom. The molecule has 0 amide bonds. The van der Waals surface area contributed by atoms with Gasteiger partial charge in [-0.1, -0.05) is 160 Å². The molecule has 5 aromatic rings. The van der Waals surface area contributed by atoms with E-state index in [-0.39, 0.29) is 23.8 Å². The molecule has 0 aromatic heterocycles. The molecule has 8 nitrogen and oxygen atoms in total. The van der Waals surface area contributed by atoms with Gasteiger partial charge in [-0.15, -0.1) is 0 Å². The fourth-order valence-corrected chi connectivity index (χ4v) is 11.0. The van der Waals surface area contributed by atoms with Crippen molar-refractivity contribution >= 4 is 11.9 Å². The van der Waals surface area contributed by atoms with Crippen LogP contribution < -0.4 is 9.47 Å². The molecule has 0 saturated carbocycles. The third-order valence-electron chi connectivity index (χ3n) is 14.5. The van der Waals surface area contributed by atoms with E-state index in [1.165, 1.54) is 0 Å². The highest BCUT2D eigenvalue weighted by atomic mass is 16.5. The summed E-state index contributed by atoms with van der Waals surface area (Å²) in [7, 11) is 0. The molecule has 70 heavy (non-hydrogen) atoms. The van der Waals surface area contributed by atoms with Crippen LogP contribution in [0.25, 0.3) is 0 Å². The van der Waals surface area contributed by atoms with E-state index in [1.807, 2.05) is 111 Å². The van der Waals surface area contributed by atoms with Gasteiger partial charge in [-0.2, -0.15) is 0 Å². The van der Waals surface area contributed by atoms with Gasteiger partial charge in [-0.25, -0.2) is 9.59 Å². The van der Waals surface area contributed by atoms with Crippen molar-refractivity contribution in [2.24, 2.45) is 11.8 Å². The van der Waals surface area contributed by atoms with Gasteiger partial charge in [0.1, 0.15) is 23.0 Å². The first-order valence-corrected chi connectivity index (χ1v) is 26.1. The first-order valence-electron chi connectivity index (χ1n) is 26.1. The molecule has 8 heteroatoms. The number of ether oxygens (including phenoxy) is 6. The van der Waals surface area contributed by atoms with Gasteiger partial charge in [0, 0.05) is 34.1 Å². The molecule has 4 aliphatic rings. The SMILES string of the molecule is CC1=C2C(=O)OCCCCCCOc3ccc(cc3)OCCCCCCOC(=O)C3=C(C)OC(c4ccccc4)(c4ccccc4)C3CCCCCCCCC2C(c2ccccc2)(c2ccccc2)O1. The Labute approximate surface area is 416 Å². The first kappa shape index (κ1) is 50.1. The summed E-state index contributed by atoms with van der Waals surface area (Å²) in [5.74, 6) is 1.87. The smallest absolute Gasteiger partial charge is 0.337 e. The standard InChI is InChI=1S/C62H72O8/c1-47-57-55(61(69-47,49-29-15-11-16-30-49)50-31-17-12-18-32-50)37-23-5-3-4-6-24-38-56-58(48(2)70-62(56,51-33-19-13-20-34-51)52-35-21-14-22-36-52)60(64)68-46-28-10-8-26-44-66-54-41-39-53(40-42-54)65-43-25-7-9-27-45-67-59(57)63/h11-22,29-36,39-42,55-56H,3-10,23-28,37-38,43-46H2,1-2H3. The van der Waals surface area contributed by atoms with E-state index >= 15 is 0 Å². The van der Waals surface area contributed by atoms with E-state index in [9.17, 15) is 9.59 Å². The summed E-state index contributed by atoms with van der Waals surface area (Å²) >= 11 is 0. The Hall–Kier alpha value is -6.28. The quantitative estimate of drug-likeness (QED) is 0.165. The molecule has 2 bridgehead atoms. The van der Waals surface area contributed by atoms with Crippen LogP contribution in [0.2, 0.25) is 0 Å². The maximum atomic E-state index is 14.2. The summed E-state index contributed by atoms with van der Waals surface area (Å²) < 4.78 is 38.2. The van der Waals surface area contributed by atoms with Gasteiger partial charge in [0.25, 0.3) is 0 Å². The second-order valence-corrected chi connectivity index (χ2v) is 19.2. The van der Waals surface area contributed by atoms with Gasteiger partial charge in [0.15, 0.2) is 11.2 Å². The average Bonchev–Trinajstić information content (AvgIpc) is 3.87. The molecule has 9 rings (SSSR count). The van der Waals surface area contributed by atoms with Crippen LogP contribution in [0.4, 0.5) is 0 Å². The zero-order chi connectivity index (χ0) is 48.4. The lowest BCUT2D eigenvalue weighted by molar-refractivity contribution is -0.140. The molecule has 0 fully saturated rings. The normalized spacial score (nSPS) is 21.6. The predicted octanol–water partition coefficient (Wildman–Crippen LogP) is 14.5. The maximum absolute atomic E-state index is 14.2. The van der Waals surface area contributed by atoms with Gasteiger partial charge in [-0.05, 0) is 102 Å². The molecule has 0 spiro atoms. The Kier molecular flexibility index (Phi) is 17.9. The van der Waals surface area contributed by atoms with Crippen LogP contribution in [0.5, 0.6) is 11.5 Å². The molecule has 5 aromatic carbocycles. The Bertz CT molecular complexity index is 2210. The number of hydrogen-bond acceptors (Lipinski definition) is 8. The van der Waals surface area contributed by atoms with E-state index in [0.717, 1.165) is 136 Å². The van der Waals surface area contributed by atoms with Gasteiger partial charge in [0.05, 0.1) is 37.6 Å². The average molecular weight is 945 g/mol. The zero-order valence-corrected chi connectivity index (χ0v) is 41.4. The third kappa shape index (κ3) is 11.8. The summed E-state index contributed by atoms with van der Waals surface area (Å²) in [5, 5.41) is 0. The molecule has 0 N–H and O–H groups in total. The van der Waals surface area contributed by atoms with Crippen molar-refractivity contribution in [2.45, 2.75) is 128 Å². The largest absolute Gasteiger partial charge is 0.494 e. The second-order valence-electron chi connectivity index (χ2n) is 19.2. The first-order chi connectivity index (χ1) is 34.4. The fraction of sp³-hybridized carbons (Fsp3) is 0.419. The Morgan fingerprint density at radius 2 is 0.614 bits per heavy atom. The minimum absolute atomic E-state index is 0.231. The van der Waals surface area contributed by atoms with Crippen LogP contribution in [0.3, 0.4) is 0 Å². The van der Waals surface area contributed by atoms with E-state index in [4.69, 9.17) is 28.4 Å². The Morgan fingerprint density at radius 3 is 0.929 bits per heavy atom. The van der Waals surface area contributed by atoms with Crippen LogP contribution in [0.15, 0.2) is 168 Å². The summed E-state index contributed by atoms with van der Waals surface area (Å²) in [5.41, 5.74) is 3.68. The molecule has 4 heterocycles. The minimum atomic E-state index is -0.859. The number of hydrogen-bond donors (Lipinski definition) is 0. The van der Waals surface area contributed by atoms with Crippen molar-refractivity contribution in [3.8, 4) is 11.5 Å². The van der Waals surface area contributed by atoms with Crippen LogP contribution in [0, 0.1) is 11.8 Å². The van der Waals surface area contributed by atoms with Crippen LogP contribution in [-0.2, 0) is 39.7 Å². The van der Waals surface area contributed by atoms with Crippen molar-refractivity contribution < 1.29 is 38.0 Å². The van der Waals surface area contributed by atoms with Crippen LogP contribution in [0.1, 0.15) is 139 Å². The lowest BCUT2D eigenvalue weighted by atomic mass is 9.71. The monoisotopic (exact) mass is 945 g/mol. The summed E-state index contributed by atoms with van der Waals surface area (Å²) in [6.45, 7) is 5.81. The molecule has 4 aliphatic heterocycles. The van der Waals surface area contributed by atoms with Gasteiger partial charge in [-0.3, -0.25) is 0 Å². The third-order valence-corrected chi connectivity index (χ3v) is 14.5. The molecule has 0 radical (unpaired) electrons. The number of carbonyl (C=O) groups excluding carboxylic acids is 2. The summed E-state index contributed by atoms with van der Waals surface area (Å²) in [6, 6.07) is 49.3. The molecule has 0 saturated heterocycles. The van der Waals surface area contributed by atoms with Crippen molar-refractivity contribution in [1.82, 2.24) is 0 Å². The molecule has 2 unspecified atom stereocenters. The number of benzene rings is 5. The summed E-state index contributed by atoms with van der Waals surface area (Å²) in [6.07, 6.45) is 14.8. The van der Waals surface area contributed by atoms with Crippen LogP contribution >= 0.6 is 0 Å².